The molecule has 0 amide bonds. The number of thiophene rings is 1. The Balaban J connectivity index is 1.42. The quantitative estimate of drug-likeness (QED) is 0.223. The molecule has 41 heavy (non-hydrogen) atoms. The summed E-state index contributed by atoms with van der Waals surface area (Å²) in [5, 5.41) is 6.96. The van der Waals surface area contributed by atoms with Crippen LogP contribution in [0.5, 0.6) is 0 Å². The normalized spacial score (nSPS) is 11.9. The van der Waals surface area contributed by atoms with Crippen molar-refractivity contribution < 1.29 is 0 Å². The van der Waals surface area contributed by atoms with Gasteiger partial charge < -0.3 is 4.57 Å². The van der Waals surface area contributed by atoms with E-state index in [-0.39, 0.29) is 0 Å². The first-order valence-electron chi connectivity index (χ1n) is 13.7. The van der Waals surface area contributed by atoms with Crippen molar-refractivity contribution in [1.29, 1.82) is 0 Å². The van der Waals surface area contributed by atoms with E-state index in [2.05, 4.69) is 142 Å². The average Bonchev–Trinajstić information content (AvgIpc) is 3.73. The molecule has 0 aliphatic carbocycles. The zero-order valence-electron chi connectivity index (χ0n) is 21.9. The summed E-state index contributed by atoms with van der Waals surface area (Å²) in [5.74, 6) is 0.683. The molecule has 5 aromatic carbocycles. The monoisotopic (exact) mass is 542 g/mol. The van der Waals surface area contributed by atoms with Crippen LogP contribution < -0.4 is 0 Å². The number of rotatable bonds is 3. The number of hydrogen-bond donors (Lipinski definition) is 0. The molecule has 0 bridgehead atoms. The van der Waals surface area contributed by atoms with E-state index in [1.54, 1.807) is 11.3 Å². The Bertz CT molecular complexity index is 2370. The number of para-hydroxylation sites is 5. The van der Waals surface area contributed by atoms with Gasteiger partial charge in [0, 0.05) is 32.8 Å². The molecule has 0 saturated heterocycles. The Morgan fingerprint density at radius 1 is 0.488 bits per heavy atom. The van der Waals surface area contributed by atoms with E-state index >= 15 is 0 Å². The number of fused-ring (bicyclic) bond motifs is 7. The molecular weight excluding hydrogens is 520 g/mol. The van der Waals surface area contributed by atoms with Crippen LogP contribution in [0.2, 0.25) is 0 Å². The highest BCUT2D eigenvalue weighted by Crippen LogP contribution is 2.41. The van der Waals surface area contributed by atoms with E-state index in [1.807, 2.05) is 0 Å². The summed E-state index contributed by atoms with van der Waals surface area (Å²) < 4.78 is 5.67. The summed E-state index contributed by atoms with van der Waals surface area (Å²) in [4.78, 5) is 10.5. The van der Waals surface area contributed by atoms with Crippen LogP contribution in [0.3, 0.4) is 0 Å². The highest BCUT2D eigenvalue weighted by Gasteiger charge is 2.21. The fourth-order valence-corrected chi connectivity index (χ4v) is 7.16. The van der Waals surface area contributed by atoms with Gasteiger partial charge in [-0.3, -0.25) is 4.57 Å². The summed E-state index contributed by atoms with van der Waals surface area (Å²) in [6, 6.07) is 45.0. The van der Waals surface area contributed by atoms with Crippen molar-refractivity contribution in [3.63, 3.8) is 0 Å². The molecule has 0 aliphatic heterocycles. The minimum atomic E-state index is 0.683. The van der Waals surface area contributed by atoms with Crippen LogP contribution in [-0.2, 0) is 0 Å². The Hall–Kier alpha value is -5.26. The molecule has 5 heteroatoms. The number of aromatic nitrogens is 4. The third-order valence-electron chi connectivity index (χ3n) is 8.04. The maximum atomic E-state index is 5.39. The number of hydrogen-bond acceptors (Lipinski definition) is 3. The molecule has 9 aromatic rings. The van der Waals surface area contributed by atoms with Crippen molar-refractivity contribution in [3.05, 3.63) is 133 Å². The Labute approximate surface area is 239 Å². The van der Waals surface area contributed by atoms with E-state index in [0.717, 1.165) is 43.7 Å². The zero-order valence-corrected chi connectivity index (χ0v) is 22.7. The van der Waals surface area contributed by atoms with E-state index in [4.69, 9.17) is 9.97 Å². The van der Waals surface area contributed by atoms with Crippen LogP contribution >= 0.6 is 11.3 Å². The minimum Gasteiger partial charge on any atom is -0.309 e. The molecule has 0 N–H and O–H groups in total. The minimum absolute atomic E-state index is 0.683. The predicted octanol–water partition coefficient (Wildman–Crippen LogP) is 9.55. The highest BCUT2D eigenvalue weighted by molar-refractivity contribution is 7.17. The lowest BCUT2D eigenvalue weighted by Crippen LogP contribution is -2.03. The predicted molar refractivity (Wildman–Crippen MR) is 172 cm³/mol. The van der Waals surface area contributed by atoms with E-state index in [0.29, 0.717) is 5.95 Å². The fourth-order valence-electron chi connectivity index (χ4n) is 6.33. The topological polar surface area (TPSA) is 35.6 Å². The van der Waals surface area contributed by atoms with Gasteiger partial charge in [-0.15, -0.1) is 11.3 Å². The second-order valence-corrected chi connectivity index (χ2v) is 11.2. The summed E-state index contributed by atoms with van der Waals surface area (Å²) in [6.07, 6.45) is 0. The van der Waals surface area contributed by atoms with Crippen molar-refractivity contribution in [2.45, 2.75) is 0 Å². The Morgan fingerprint density at radius 3 is 1.78 bits per heavy atom. The van der Waals surface area contributed by atoms with E-state index in [9.17, 15) is 0 Å². The second-order valence-electron chi connectivity index (χ2n) is 10.3. The first kappa shape index (κ1) is 22.5. The Kier molecular flexibility index (Phi) is 4.74. The van der Waals surface area contributed by atoms with Gasteiger partial charge in [0.1, 0.15) is 0 Å². The fraction of sp³-hybridized carbons (Fsp3) is 0. The molecule has 192 valence electrons. The van der Waals surface area contributed by atoms with Gasteiger partial charge in [-0.1, -0.05) is 91.0 Å². The van der Waals surface area contributed by atoms with Gasteiger partial charge in [0.05, 0.1) is 38.0 Å². The average molecular weight is 543 g/mol. The van der Waals surface area contributed by atoms with Crippen molar-refractivity contribution >= 4 is 65.2 Å². The smallest absolute Gasteiger partial charge is 0.235 e. The van der Waals surface area contributed by atoms with Crippen LogP contribution in [0.15, 0.2) is 133 Å². The summed E-state index contributed by atoms with van der Waals surface area (Å²) >= 11 is 1.70. The highest BCUT2D eigenvalue weighted by atomic mass is 32.1. The number of nitrogens with zero attached hydrogens (tertiary/aromatic N) is 4. The third-order valence-corrected chi connectivity index (χ3v) is 8.95. The molecule has 4 heterocycles. The van der Waals surface area contributed by atoms with Crippen LogP contribution in [0, 0.1) is 0 Å². The van der Waals surface area contributed by atoms with Gasteiger partial charge in [-0.25, -0.2) is 9.97 Å². The van der Waals surface area contributed by atoms with Crippen LogP contribution in [0.1, 0.15) is 0 Å². The van der Waals surface area contributed by atoms with E-state index < -0.39 is 0 Å². The van der Waals surface area contributed by atoms with Gasteiger partial charge in [0.2, 0.25) is 5.95 Å². The molecule has 0 atom stereocenters. The first-order chi connectivity index (χ1) is 20.4. The lowest BCUT2D eigenvalue weighted by atomic mass is 10.1. The number of benzene rings is 5. The zero-order chi connectivity index (χ0) is 26.9. The maximum Gasteiger partial charge on any atom is 0.235 e. The van der Waals surface area contributed by atoms with Gasteiger partial charge in [0.15, 0.2) is 0 Å². The largest absolute Gasteiger partial charge is 0.309 e. The summed E-state index contributed by atoms with van der Waals surface area (Å²) in [5.41, 5.74) is 8.67. The molecule has 4 aromatic heterocycles. The van der Waals surface area contributed by atoms with E-state index in [1.165, 1.54) is 27.1 Å². The van der Waals surface area contributed by atoms with Crippen molar-refractivity contribution in [3.8, 4) is 22.9 Å². The lowest BCUT2D eigenvalue weighted by Gasteiger charge is -2.13. The lowest BCUT2D eigenvalue weighted by molar-refractivity contribution is 1.02. The molecule has 9 rings (SSSR count). The molecule has 0 saturated carbocycles. The van der Waals surface area contributed by atoms with Crippen LogP contribution in [0.4, 0.5) is 0 Å². The molecule has 0 radical (unpaired) electrons. The van der Waals surface area contributed by atoms with Crippen LogP contribution in [0.25, 0.3) is 76.7 Å². The SMILES string of the molecule is c1ccc(-n2c3ccccc3c3cccc(-c4nc(-n5c6ccccc6c6ccccc65)nc5ccsc45)c32)cc1. The summed E-state index contributed by atoms with van der Waals surface area (Å²) in [7, 11) is 0. The van der Waals surface area contributed by atoms with Crippen molar-refractivity contribution in [2.75, 3.05) is 0 Å². The third kappa shape index (κ3) is 3.21. The summed E-state index contributed by atoms with van der Waals surface area (Å²) in [6.45, 7) is 0. The van der Waals surface area contributed by atoms with Gasteiger partial charge >= 0.3 is 0 Å². The maximum absolute atomic E-state index is 5.39. The van der Waals surface area contributed by atoms with Crippen molar-refractivity contribution in [2.24, 2.45) is 0 Å². The Morgan fingerprint density at radius 2 is 1.07 bits per heavy atom. The second kappa shape index (κ2) is 8.62. The van der Waals surface area contributed by atoms with Crippen LogP contribution in [-0.4, -0.2) is 19.1 Å². The molecule has 0 unspecified atom stereocenters. The molecule has 0 fully saturated rings. The standard InChI is InChI=1S/C36H22N4S/c1-2-11-23(12-3-1)39-30-18-7-6-15-26(30)27-16-10-17-28(34(27)39)33-35-29(21-22-41-35)37-36(38-33)40-31-19-8-4-13-24(31)25-14-5-9-20-32(25)40/h1-22H. The van der Waals surface area contributed by atoms with Gasteiger partial charge in [-0.05, 0) is 41.8 Å². The molecular formula is C36H22N4S. The van der Waals surface area contributed by atoms with Crippen molar-refractivity contribution in [1.82, 2.24) is 19.1 Å². The molecule has 0 aliphatic rings. The first-order valence-corrected chi connectivity index (χ1v) is 14.6. The molecule has 4 nitrogen and oxygen atoms in total. The van der Waals surface area contributed by atoms with Gasteiger partial charge in [0.25, 0.3) is 0 Å². The van der Waals surface area contributed by atoms with Gasteiger partial charge in [-0.2, -0.15) is 0 Å². The molecule has 0 spiro atoms.